The summed E-state index contributed by atoms with van der Waals surface area (Å²) in [5.74, 6) is -0.744. The summed E-state index contributed by atoms with van der Waals surface area (Å²) in [6.45, 7) is 13.6. The monoisotopic (exact) mass is 1230 g/mol. The fourth-order valence-electron chi connectivity index (χ4n) is 9.47. The molecule has 0 radical (unpaired) electrons. The summed E-state index contributed by atoms with van der Waals surface area (Å²) < 4.78 is 41.7. The number of benzene rings is 4. The molecule has 0 unspecified atom stereocenters. The van der Waals surface area contributed by atoms with Gasteiger partial charge in [-0.1, -0.05) is 45.2 Å². The van der Waals surface area contributed by atoms with E-state index < -0.39 is 29.9 Å². The second-order valence-electron chi connectivity index (χ2n) is 20.2. The van der Waals surface area contributed by atoms with Crippen molar-refractivity contribution in [3.05, 3.63) is 108 Å². The van der Waals surface area contributed by atoms with Crippen LogP contribution in [-0.4, -0.2) is 163 Å². The first-order chi connectivity index (χ1) is 40.7. The van der Waals surface area contributed by atoms with Crippen molar-refractivity contribution in [3.63, 3.8) is 0 Å². The summed E-state index contributed by atoms with van der Waals surface area (Å²) >= 11 is 11.8. The Balaban J connectivity index is 0.000000246. The molecule has 85 heavy (non-hydrogen) atoms. The number of nitrogens with two attached hydrogens (primary N) is 1. The molecule has 4 saturated heterocycles. The number of Topliss-reactive ketones (excluding diaryl/α,β-unsaturated/α-hetero) is 2. The second kappa shape index (κ2) is 32.6. The SMILES string of the molecule is CC(=O)Nc1ccc(C(=O)CCC(=O)N2CCN(c3ccc(N4C[C@H](CN)OC4=O)cc3F)CC2)cc1.CCC(=S)NC[C@H]1CN(c2ccc(N3CCN(C(=O)CCC(=O)c4ccc(NC(C)=O)cc4)CC3)c(F)c2)C(=O)O1.CCSC(=S)CC. The minimum atomic E-state index is -0.546. The van der Waals surface area contributed by atoms with Crippen molar-refractivity contribution in [2.45, 2.75) is 85.4 Å². The molecule has 0 saturated carbocycles. The number of ketones is 2. The van der Waals surface area contributed by atoms with E-state index in [1.807, 2.05) is 16.7 Å². The van der Waals surface area contributed by atoms with Crippen LogP contribution in [0.15, 0.2) is 84.9 Å². The zero-order chi connectivity index (χ0) is 61.7. The molecule has 2 atom stereocenters. The average Bonchev–Trinajstić information content (AvgIpc) is 3.14. The second-order valence-corrected chi connectivity index (χ2v) is 22.8. The van der Waals surface area contributed by atoms with Crippen LogP contribution in [0.3, 0.4) is 0 Å². The highest BCUT2D eigenvalue weighted by Crippen LogP contribution is 2.31. The Hall–Kier alpha value is -7.61. The molecule has 4 aromatic carbocycles. The first kappa shape index (κ1) is 66.5. The predicted octanol–water partition coefficient (Wildman–Crippen LogP) is 8.60. The largest absolute Gasteiger partial charge is 0.443 e. The Kier molecular flexibility index (Phi) is 25.5. The molecule has 8 rings (SSSR count). The number of nitrogens with one attached hydrogen (secondary N) is 3. The molecule has 0 aromatic heterocycles. The van der Waals surface area contributed by atoms with Gasteiger partial charge in [-0.3, -0.25) is 38.6 Å². The van der Waals surface area contributed by atoms with Crippen LogP contribution in [0, 0.1) is 11.6 Å². The fraction of sp³-hybridized carbons (Fsp3) is 0.433. The maximum Gasteiger partial charge on any atom is 0.414 e. The summed E-state index contributed by atoms with van der Waals surface area (Å²) in [5, 5.41) is 8.35. The normalized spacial score (nSPS) is 16.5. The zero-order valence-electron chi connectivity index (χ0n) is 48.5. The lowest BCUT2D eigenvalue weighted by Crippen LogP contribution is -2.49. The van der Waals surface area contributed by atoms with Gasteiger partial charge in [-0.05, 0) is 104 Å². The Morgan fingerprint density at radius 3 is 1.34 bits per heavy atom. The van der Waals surface area contributed by atoms with Crippen molar-refractivity contribution in [1.29, 1.82) is 0 Å². The number of rotatable bonds is 20. The highest BCUT2D eigenvalue weighted by atomic mass is 32.2. The quantitative estimate of drug-likeness (QED) is 0.0479. The van der Waals surface area contributed by atoms with E-state index in [-0.39, 0.29) is 80.1 Å². The number of ether oxygens (including phenoxy) is 2. The van der Waals surface area contributed by atoms with Gasteiger partial charge in [0.2, 0.25) is 23.6 Å². The first-order valence-electron chi connectivity index (χ1n) is 28.2. The lowest BCUT2D eigenvalue weighted by atomic mass is 10.1. The maximum absolute atomic E-state index is 15.1. The molecule has 4 aromatic rings. The minimum absolute atomic E-state index is 0.0791. The number of cyclic esters (lactones) is 2. The Labute approximate surface area is 509 Å². The zero-order valence-corrected chi connectivity index (χ0v) is 50.9. The number of hydrogen-bond donors (Lipinski definition) is 4. The van der Waals surface area contributed by atoms with Gasteiger partial charge in [0.25, 0.3) is 0 Å². The summed E-state index contributed by atoms with van der Waals surface area (Å²) in [6.07, 6.45) is 0.203. The summed E-state index contributed by atoms with van der Waals surface area (Å²) in [7, 11) is 0. The summed E-state index contributed by atoms with van der Waals surface area (Å²) in [5.41, 5.74) is 9.34. The van der Waals surface area contributed by atoms with Gasteiger partial charge in [-0.25, -0.2) is 18.4 Å². The molecular formula is C60H74F2N10O10S3. The number of carbonyl (C=O) groups is 8. The Morgan fingerprint density at radius 1 is 0.588 bits per heavy atom. The Bertz CT molecular complexity index is 3050. The number of piperazine rings is 2. The first-order valence-corrected chi connectivity index (χ1v) is 30.1. The highest BCUT2D eigenvalue weighted by Gasteiger charge is 2.35. The third-order valence-electron chi connectivity index (χ3n) is 14.1. The van der Waals surface area contributed by atoms with Gasteiger partial charge in [0.15, 0.2) is 11.6 Å². The number of nitrogens with zero attached hydrogens (tertiary/aromatic N) is 6. The van der Waals surface area contributed by atoms with Gasteiger partial charge >= 0.3 is 12.2 Å². The molecule has 0 aliphatic carbocycles. The van der Waals surface area contributed by atoms with Gasteiger partial charge in [-0.2, -0.15) is 0 Å². The summed E-state index contributed by atoms with van der Waals surface area (Å²) in [4.78, 5) is 108. The Morgan fingerprint density at radius 2 is 1.00 bits per heavy atom. The van der Waals surface area contributed by atoms with Gasteiger partial charge in [0, 0.05) is 125 Å². The van der Waals surface area contributed by atoms with Crippen molar-refractivity contribution in [1.82, 2.24) is 15.1 Å². The number of thiocarbonyl (C=S) groups is 2. The molecule has 4 aliphatic heterocycles. The van der Waals surface area contributed by atoms with Crippen LogP contribution in [0.5, 0.6) is 0 Å². The lowest BCUT2D eigenvalue weighted by Gasteiger charge is -2.36. The van der Waals surface area contributed by atoms with Crippen LogP contribution < -0.4 is 41.3 Å². The number of carbonyl (C=O) groups excluding carboxylic acids is 8. The smallest absolute Gasteiger partial charge is 0.414 e. The van der Waals surface area contributed by atoms with Gasteiger partial charge in [0.1, 0.15) is 23.8 Å². The molecule has 25 heteroatoms. The number of anilines is 6. The molecule has 456 valence electrons. The molecule has 0 spiro atoms. The standard InChI is InChI=1S/C29H34FN5O5S.C26H30FN5O5.C5H10S2/c1-3-27(41)31-17-23-18-35(29(39)40-23)22-8-9-25(24(30)16-22)33-12-14-34(15-13-33)28(38)11-10-26(37)20-4-6-21(7-5-20)32-19(2)36;1-17(33)29-19-4-2-18(3-5-19)24(34)8-9-25(35)31-12-10-30(11-13-31)23-7-6-20(14-22(23)27)32-16-21(15-28)37-26(32)36;1-3-5(6)7-4-2/h4-9,16,23H,3,10-15,17-18H2,1-2H3,(H,31,41)(H,32,36);2-7,14,21H,8-13,15-16,28H2,1H3,(H,29,33);3-4H2,1-2H3/t23-;21-;/m00./s1. The molecule has 0 bridgehead atoms. The van der Waals surface area contributed by atoms with Crippen molar-refractivity contribution in [3.8, 4) is 0 Å². The average molecular weight is 1230 g/mol. The lowest BCUT2D eigenvalue weighted by molar-refractivity contribution is -0.132. The van der Waals surface area contributed by atoms with E-state index in [2.05, 4.69) is 29.8 Å². The van der Waals surface area contributed by atoms with Crippen molar-refractivity contribution >= 4 is 127 Å². The molecule has 4 aliphatic rings. The van der Waals surface area contributed by atoms with Crippen LogP contribution in [0.25, 0.3) is 0 Å². The van der Waals surface area contributed by atoms with Crippen molar-refractivity contribution in [2.75, 3.05) is 115 Å². The van der Waals surface area contributed by atoms with Gasteiger partial charge in [0.05, 0.1) is 47.4 Å². The molecule has 20 nitrogen and oxygen atoms in total. The molecule has 4 fully saturated rings. The third-order valence-corrected chi connectivity index (χ3v) is 16.0. The molecular weight excluding hydrogens is 1150 g/mol. The van der Waals surface area contributed by atoms with E-state index in [0.29, 0.717) is 122 Å². The number of thioether (sulfide) groups is 1. The third kappa shape index (κ3) is 19.7. The van der Waals surface area contributed by atoms with E-state index in [4.69, 9.17) is 39.6 Å². The number of halogens is 2. The number of hydrogen-bond acceptors (Lipinski definition) is 16. The van der Waals surface area contributed by atoms with Crippen molar-refractivity contribution in [2.24, 2.45) is 5.73 Å². The van der Waals surface area contributed by atoms with E-state index in [9.17, 15) is 42.7 Å². The molecule has 4 heterocycles. The van der Waals surface area contributed by atoms with Crippen LogP contribution in [0.4, 0.5) is 52.5 Å². The van der Waals surface area contributed by atoms with Gasteiger partial charge < -0.3 is 50.8 Å². The van der Waals surface area contributed by atoms with E-state index in [0.717, 1.165) is 16.4 Å². The summed E-state index contributed by atoms with van der Waals surface area (Å²) in [6, 6.07) is 22.4. The van der Waals surface area contributed by atoms with E-state index in [1.54, 1.807) is 94.4 Å². The molecule has 6 amide bonds. The van der Waals surface area contributed by atoms with Crippen LogP contribution in [-0.2, 0) is 28.7 Å². The van der Waals surface area contributed by atoms with Gasteiger partial charge in [-0.15, -0.1) is 11.8 Å². The minimum Gasteiger partial charge on any atom is -0.443 e. The van der Waals surface area contributed by atoms with Crippen LogP contribution >= 0.6 is 36.2 Å². The predicted molar refractivity (Wildman–Crippen MR) is 335 cm³/mol. The fourth-order valence-corrected chi connectivity index (χ4v) is 10.4. The van der Waals surface area contributed by atoms with E-state index >= 15 is 4.39 Å². The van der Waals surface area contributed by atoms with E-state index in [1.165, 1.54) is 35.8 Å². The van der Waals surface area contributed by atoms with Crippen LogP contribution in [0.2, 0.25) is 0 Å². The maximum atomic E-state index is 15.1. The van der Waals surface area contributed by atoms with Crippen LogP contribution in [0.1, 0.15) is 93.9 Å². The van der Waals surface area contributed by atoms with Crippen molar-refractivity contribution < 1.29 is 56.6 Å². The topological polar surface area (TPSA) is 237 Å². The highest BCUT2D eigenvalue weighted by molar-refractivity contribution is 8.23. The molecule has 5 N–H and O–H groups in total. The number of amides is 6.